The van der Waals surface area contributed by atoms with Gasteiger partial charge < -0.3 is 20.5 Å². The highest BCUT2D eigenvalue weighted by molar-refractivity contribution is 6.31. The Kier molecular flexibility index (Phi) is 7.39. The van der Waals surface area contributed by atoms with Crippen LogP contribution in [0.4, 0.5) is 10.1 Å². The molecule has 2 saturated heterocycles. The van der Waals surface area contributed by atoms with Crippen molar-refractivity contribution in [2.45, 2.75) is 87.4 Å². The van der Waals surface area contributed by atoms with Crippen molar-refractivity contribution in [3.63, 3.8) is 0 Å². The molecule has 3 fully saturated rings. The van der Waals surface area contributed by atoms with Gasteiger partial charge in [0.05, 0.1) is 36.4 Å². The summed E-state index contributed by atoms with van der Waals surface area (Å²) in [6.45, 7) is 4.63. The van der Waals surface area contributed by atoms with Gasteiger partial charge >= 0.3 is 0 Å². The molecule has 3 heterocycles. The topological polar surface area (TPSA) is 99.7 Å². The van der Waals surface area contributed by atoms with Gasteiger partial charge in [-0.05, 0) is 73.3 Å². The summed E-state index contributed by atoms with van der Waals surface area (Å²) in [5, 5.41) is 19.7. The third-order valence-corrected chi connectivity index (χ3v) is 10.5. The van der Waals surface area contributed by atoms with Crippen molar-refractivity contribution in [1.82, 2.24) is 10.6 Å². The molecule has 2 spiro atoms. The van der Waals surface area contributed by atoms with E-state index in [-0.39, 0.29) is 53.2 Å². The van der Waals surface area contributed by atoms with E-state index in [1.807, 2.05) is 6.07 Å². The minimum absolute atomic E-state index is 0.0614. The molecule has 7 nitrogen and oxygen atoms in total. The molecule has 4 N–H and O–H groups in total. The smallest absolute Gasteiger partial charge is 0.238 e. The minimum atomic E-state index is -1.29. The molecule has 0 radical (unpaired) electrons. The quantitative estimate of drug-likeness (QED) is 0.391. The van der Waals surface area contributed by atoms with E-state index in [1.165, 1.54) is 6.07 Å². The third-order valence-electron chi connectivity index (χ3n) is 9.98. The first kappa shape index (κ1) is 28.9. The maximum atomic E-state index is 16.0. The van der Waals surface area contributed by atoms with Gasteiger partial charge in [0.25, 0.3) is 0 Å². The number of hydrogen-bond acceptors (Lipinski definition) is 5. The average molecular weight is 605 g/mol. The van der Waals surface area contributed by atoms with E-state index in [0.717, 1.165) is 12.8 Å². The van der Waals surface area contributed by atoms with Gasteiger partial charge in [-0.15, -0.1) is 0 Å². The zero-order valence-corrected chi connectivity index (χ0v) is 24.7. The van der Waals surface area contributed by atoms with Crippen molar-refractivity contribution < 1.29 is 23.8 Å². The molecule has 3 aliphatic heterocycles. The van der Waals surface area contributed by atoms with Crippen LogP contribution in [0.1, 0.15) is 69.4 Å². The van der Waals surface area contributed by atoms with E-state index in [1.54, 1.807) is 24.3 Å². The van der Waals surface area contributed by atoms with Gasteiger partial charge in [0.1, 0.15) is 11.2 Å². The molecule has 5 atom stereocenters. The number of anilines is 1. The summed E-state index contributed by atoms with van der Waals surface area (Å²) in [6, 6.07) is 8.90. The Morgan fingerprint density at radius 2 is 1.90 bits per heavy atom. The summed E-state index contributed by atoms with van der Waals surface area (Å²) >= 11 is 12.7. The molecule has 220 valence electrons. The maximum Gasteiger partial charge on any atom is 0.238 e. The fraction of sp³-hybridized carbons (Fsp3) is 0.548. The summed E-state index contributed by atoms with van der Waals surface area (Å²) in [6.07, 6.45) is 3.93. The highest BCUT2D eigenvalue weighted by Gasteiger charge is 2.73. The zero-order chi connectivity index (χ0) is 29.2. The van der Waals surface area contributed by atoms with Gasteiger partial charge in [0, 0.05) is 22.2 Å². The second-order valence-corrected chi connectivity index (χ2v) is 13.7. The van der Waals surface area contributed by atoms with Crippen LogP contribution >= 0.6 is 23.2 Å². The molecular formula is C31H36Cl2FN3O4. The molecule has 0 unspecified atom stereocenters. The van der Waals surface area contributed by atoms with Crippen molar-refractivity contribution in [3.05, 3.63) is 63.4 Å². The summed E-state index contributed by atoms with van der Waals surface area (Å²) in [5.74, 6) is -2.11. The molecule has 1 aliphatic carbocycles. The highest BCUT2D eigenvalue weighted by atomic mass is 35.5. The molecule has 10 heteroatoms. The van der Waals surface area contributed by atoms with Crippen LogP contribution in [0.25, 0.3) is 0 Å². The zero-order valence-electron chi connectivity index (χ0n) is 23.2. The number of amides is 2. The molecular weight excluding hydrogens is 568 g/mol. The molecule has 6 rings (SSSR count). The Morgan fingerprint density at radius 1 is 1.15 bits per heavy atom. The van der Waals surface area contributed by atoms with E-state index in [9.17, 15) is 14.7 Å². The largest absolute Gasteiger partial charge is 0.394 e. The van der Waals surface area contributed by atoms with Crippen LogP contribution in [0.15, 0.2) is 36.4 Å². The first-order valence-electron chi connectivity index (χ1n) is 14.4. The number of carbonyl (C=O) groups excluding carboxylic acids is 2. The Balaban J connectivity index is 1.51. The number of aliphatic hydroxyl groups excluding tert-OH is 1. The summed E-state index contributed by atoms with van der Waals surface area (Å²) in [7, 11) is 0. The molecule has 4 aliphatic rings. The highest BCUT2D eigenvalue weighted by Crippen LogP contribution is 2.64. The monoisotopic (exact) mass is 603 g/mol. The molecule has 2 aromatic rings. The van der Waals surface area contributed by atoms with Crippen LogP contribution in [0, 0.1) is 11.2 Å². The Bertz CT molecular complexity index is 1370. The SMILES string of the molecule is CC1(C)CCC2(CC1)N[C@@H](C(=O)N[C@@H]1CC[C@@H](CO)OC1)[C@H](c1cccc(Cl)c1F)[C@]21C(=O)Nc2cc(Cl)ccc21. The van der Waals surface area contributed by atoms with E-state index in [2.05, 4.69) is 29.8 Å². The van der Waals surface area contributed by atoms with Crippen molar-refractivity contribution >= 4 is 40.7 Å². The summed E-state index contributed by atoms with van der Waals surface area (Å²) < 4.78 is 21.7. The number of fused-ring (bicyclic) bond motifs is 3. The predicted octanol–water partition coefficient (Wildman–Crippen LogP) is 5.07. The maximum absolute atomic E-state index is 16.0. The van der Waals surface area contributed by atoms with E-state index in [4.69, 9.17) is 27.9 Å². The lowest BCUT2D eigenvalue weighted by Gasteiger charge is -2.50. The van der Waals surface area contributed by atoms with Crippen LogP contribution in [0.5, 0.6) is 0 Å². The number of nitrogens with one attached hydrogen (secondary N) is 3. The van der Waals surface area contributed by atoms with E-state index >= 15 is 4.39 Å². The normalized spacial score (nSPS) is 31.7. The van der Waals surface area contributed by atoms with Gasteiger partial charge in [-0.25, -0.2) is 4.39 Å². The van der Waals surface area contributed by atoms with Crippen molar-refractivity contribution in [3.8, 4) is 0 Å². The van der Waals surface area contributed by atoms with Gasteiger partial charge in [-0.1, -0.05) is 55.2 Å². The second-order valence-electron chi connectivity index (χ2n) is 12.9. The van der Waals surface area contributed by atoms with Gasteiger partial charge in [0.15, 0.2) is 0 Å². The number of ether oxygens (including phenoxy) is 1. The summed E-state index contributed by atoms with van der Waals surface area (Å²) in [4.78, 5) is 28.7. The van der Waals surface area contributed by atoms with Gasteiger partial charge in [-0.3, -0.25) is 14.9 Å². The standard InChI is InChI=1S/C31H36Cl2FN3O4/c1-29(2)10-12-30(13-11-29)31(21-9-6-17(32)14-23(21)36-28(31)40)24(20-4-3-5-22(33)25(20)34)26(37-30)27(39)35-18-7-8-19(15-38)41-16-18/h3-6,9,14,18-19,24,26,37-38H,7-8,10-13,15-16H2,1-2H3,(H,35,39)(H,36,40)/t18-,19+,24+,26-,31-/m1/s1. The van der Waals surface area contributed by atoms with E-state index in [0.29, 0.717) is 42.0 Å². The number of halogens is 3. The lowest BCUT2D eigenvalue weighted by molar-refractivity contribution is -0.126. The molecule has 0 bridgehead atoms. The number of hydrogen-bond donors (Lipinski definition) is 4. The molecule has 1 saturated carbocycles. The number of carbonyl (C=O) groups is 2. The van der Waals surface area contributed by atoms with Crippen LogP contribution in [0.2, 0.25) is 10.0 Å². The second kappa shape index (κ2) is 10.5. The average Bonchev–Trinajstić information content (AvgIpc) is 3.40. The molecule has 2 amide bonds. The van der Waals surface area contributed by atoms with Gasteiger partial charge in [-0.2, -0.15) is 0 Å². The lowest BCUT2D eigenvalue weighted by Crippen LogP contribution is -2.61. The minimum Gasteiger partial charge on any atom is -0.394 e. The summed E-state index contributed by atoms with van der Waals surface area (Å²) in [5.41, 5.74) is -0.528. The number of aliphatic hydroxyl groups is 1. The molecule has 2 aromatic carbocycles. The van der Waals surface area contributed by atoms with Crippen molar-refractivity contribution in [2.75, 3.05) is 18.5 Å². The Morgan fingerprint density at radius 3 is 2.59 bits per heavy atom. The van der Waals surface area contributed by atoms with Crippen LogP contribution in [0.3, 0.4) is 0 Å². The number of benzene rings is 2. The first-order valence-corrected chi connectivity index (χ1v) is 15.1. The van der Waals surface area contributed by atoms with Crippen molar-refractivity contribution in [1.29, 1.82) is 0 Å². The Labute approximate surface area is 249 Å². The first-order chi connectivity index (χ1) is 19.5. The van der Waals surface area contributed by atoms with E-state index < -0.39 is 28.7 Å². The van der Waals surface area contributed by atoms with Crippen LogP contribution in [-0.4, -0.2) is 53.9 Å². The molecule has 0 aromatic heterocycles. The Hall–Kier alpha value is -2.23. The fourth-order valence-corrected chi connectivity index (χ4v) is 8.12. The number of rotatable bonds is 4. The predicted molar refractivity (Wildman–Crippen MR) is 156 cm³/mol. The van der Waals surface area contributed by atoms with Crippen LogP contribution in [-0.2, 0) is 19.7 Å². The lowest BCUT2D eigenvalue weighted by atomic mass is 9.53. The third kappa shape index (κ3) is 4.58. The fourth-order valence-electron chi connectivity index (χ4n) is 7.77. The molecule has 41 heavy (non-hydrogen) atoms. The van der Waals surface area contributed by atoms with Gasteiger partial charge in [0.2, 0.25) is 11.8 Å². The van der Waals surface area contributed by atoms with Crippen molar-refractivity contribution in [2.24, 2.45) is 5.41 Å². The van der Waals surface area contributed by atoms with Crippen LogP contribution < -0.4 is 16.0 Å².